The number of rotatable bonds is 0. The molecule has 0 aliphatic carbocycles. The van der Waals surface area contributed by atoms with Crippen molar-refractivity contribution in [3.05, 3.63) is 0 Å². The van der Waals surface area contributed by atoms with Gasteiger partial charge in [0.2, 0.25) is 0 Å². The van der Waals surface area contributed by atoms with Crippen molar-refractivity contribution >= 4 is 9.90 Å². The van der Waals surface area contributed by atoms with Gasteiger partial charge in [-0.15, -0.1) is 0 Å². The topological polar surface area (TPSA) is 17.1 Å². The fourth-order valence-corrected chi connectivity index (χ4v) is 0. The van der Waals surface area contributed by atoms with Crippen LogP contribution in [0.3, 0.4) is 0 Å². The van der Waals surface area contributed by atoms with Gasteiger partial charge in [0.05, 0.1) is 0 Å². The Hall–Kier alpha value is 1.61. The smallest absolute Gasteiger partial charge is 0 e. The molecule has 1 unspecified atom stereocenters. The Labute approximate surface area is 54.0 Å². The Bertz CT molecular complexity index is 6.00. The SMILES string of the molecule is P.[O]=[W].[W]. The predicted octanol–water partition coefficient (Wildman–Crippen LogP) is -0.0657. The van der Waals surface area contributed by atoms with Gasteiger partial charge in [0.15, 0.2) is 0 Å². The molecule has 1 nitrogen and oxygen atoms in total. The molecule has 4 heavy (non-hydrogen) atoms. The molecule has 0 heterocycles. The molecule has 26 valence electrons. The molecule has 0 aliphatic rings. The molecule has 0 aromatic heterocycles. The largest absolute Gasteiger partial charge is 0 e. The third-order valence-electron chi connectivity index (χ3n) is 0. The van der Waals surface area contributed by atoms with E-state index in [2.05, 4.69) is 0 Å². The summed E-state index contributed by atoms with van der Waals surface area (Å²) in [5.41, 5.74) is 0. The van der Waals surface area contributed by atoms with E-state index in [0.717, 1.165) is 0 Å². The molecular weight excluding hydrogens is 415 g/mol. The quantitative estimate of drug-likeness (QED) is 0.505. The van der Waals surface area contributed by atoms with Crippen molar-refractivity contribution in [3.63, 3.8) is 0 Å². The summed E-state index contributed by atoms with van der Waals surface area (Å²) < 4.78 is 8.33. The Morgan fingerprint density at radius 3 is 1.25 bits per heavy atom. The first-order chi connectivity index (χ1) is 1.00. The van der Waals surface area contributed by atoms with Gasteiger partial charge < -0.3 is 0 Å². The molecule has 4 heteroatoms. The van der Waals surface area contributed by atoms with Crippen LogP contribution in [0.1, 0.15) is 0 Å². The zero-order valence-corrected chi connectivity index (χ0v) is 9.21. The molecule has 0 amide bonds. The van der Waals surface area contributed by atoms with Gasteiger partial charge in [0.1, 0.15) is 0 Å². The van der Waals surface area contributed by atoms with Gasteiger partial charge in [0, 0.05) is 21.1 Å². The summed E-state index contributed by atoms with van der Waals surface area (Å²) in [5, 5.41) is 0. The Kier molecular flexibility index (Phi) is 102. The number of hydrogen-bond donors (Lipinski definition) is 0. The van der Waals surface area contributed by atoms with E-state index in [1.54, 1.807) is 0 Å². The van der Waals surface area contributed by atoms with E-state index in [-0.39, 0.29) is 31.0 Å². The van der Waals surface area contributed by atoms with Crippen LogP contribution in [-0.2, 0) is 44.2 Å². The summed E-state index contributed by atoms with van der Waals surface area (Å²) in [5.74, 6) is 0. The van der Waals surface area contributed by atoms with Crippen molar-refractivity contribution in [3.8, 4) is 0 Å². The maximum Gasteiger partial charge on any atom is 0 e. The standard InChI is InChI=1S/O.H3P.2W/h;1H3;;. The first-order valence-corrected chi connectivity index (χ1v) is 1.36. The predicted molar refractivity (Wildman–Crippen MR) is 11.8 cm³/mol. The normalized spacial score (nSPS) is 1.00. The second-order valence-electron chi connectivity index (χ2n) is 0. The third kappa shape index (κ3) is 9.49. The monoisotopic (exact) mass is 418 g/mol. The molecule has 0 saturated carbocycles. The van der Waals surface area contributed by atoms with E-state index >= 15 is 0 Å². The molecule has 0 N–H and O–H groups in total. The average Bonchev–Trinajstić information content (AvgIpc) is 1.00. The van der Waals surface area contributed by atoms with Gasteiger partial charge in [-0.25, -0.2) is 0 Å². The van der Waals surface area contributed by atoms with Gasteiger partial charge in [0.25, 0.3) is 0 Å². The fourth-order valence-electron chi connectivity index (χ4n) is 0. The molecule has 0 saturated heterocycles. The molecule has 0 fully saturated rings. The van der Waals surface area contributed by atoms with E-state index in [1.807, 2.05) is 0 Å². The van der Waals surface area contributed by atoms with Crippen LogP contribution in [0, 0.1) is 0 Å². The van der Waals surface area contributed by atoms with Crippen LogP contribution in [0.5, 0.6) is 0 Å². The molecule has 0 spiro atoms. The molecule has 0 radical (unpaired) electrons. The van der Waals surface area contributed by atoms with Crippen LogP contribution in [0.2, 0.25) is 0 Å². The summed E-state index contributed by atoms with van der Waals surface area (Å²) >= 11 is 0.333. The van der Waals surface area contributed by atoms with Crippen molar-refractivity contribution in [2.24, 2.45) is 0 Å². The van der Waals surface area contributed by atoms with E-state index in [0.29, 0.717) is 19.8 Å². The van der Waals surface area contributed by atoms with Gasteiger partial charge >= 0.3 is 23.2 Å². The maximum atomic E-state index is 8.33. The summed E-state index contributed by atoms with van der Waals surface area (Å²) in [6.45, 7) is 0. The van der Waals surface area contributed by atoms with E-state index in [9.17, 15) is 0 Å². The Morgan fingerprint density at radius 1 is 1.25 bits per heavy atom. The summed E-state index contributed by atoms with van der Waals surface area (Å²) in [6.07, 6.45) is 0. The molecular formula is H3OPW2. The minimum Gasteiger partial charge on any atom is 0 e. The van der Waals surface area contributed by atoms with Crippen molar-refractivity contribution < 1.29 is 44.2 Å². The fraction of sp³-hybridized carbons (Fsp3) is 0. The minimum atomic E-state index is 0. The van der Waals surface area contributed by atoms with E-state index in [4.69, 9.17) is 3.40 Å². The number of hydrogen-bond acceptors (Lipinski definition) is 1. The van der Waals surface area contributed by atoms with Crippen molar-refractivity contribution in [1.29, 1.82) is 0 Å². The van der Waals surface area contributed by atoms with E-state index in [1.165, 1.54) is 0 Å². The average molecular weight is 418 g/mol. The van der Waals surface area contributed by atoms with Crippen LogP contribution in [0.15, 0.2) is 0 Å². The van der Waals surface area contributed by atoms with Gasteiger partial charge in [-0.3, -0.25) is 0 Å². The molecule has 0 aliphatic heterocycles. The molecule has 1 atom stereocenters. The van der Waals surface area contributed by atoms with Crippen LogP contribution >= 0.6 is 9.90 Å². The third-order valence-corrected chi connectivity index (χ3v) is 0. The zero-order chi connectivity index (χ0) is 2.00. The first-order valence-electron chi connectivity index (χ1n) is 0.167. The van der Waals surface area contributed by atoms with Gasteiger partial charge in [-0.1, -0.05) is 0 Å². The summed E-state index contributed by atoms with van der Waals surface area (Å²) in [6, 6.07) is 0. The summed E-state index contributed by atoms with van der Waals surface area (Å²) in [7, 11) is 0. The van der Waals surface area contributed by atoms with E-state index < -0.39 is 0 Å². The Balaban J connectivity index is -0.00000000500. The minimum absolute atomic E-state index is 0. The molecule has 0 bridgehead atoms. The van der Waals surface area contributed by atoms with Crippen LogP contribution in [-0.4, -0.2) is 0 Å². The zero-order valence-electron chi connectivity index (χ0n) is 1.93. The molecule has 0 rings (SSSR count). The van der Waals surface area contributed by atoms with Gasteiger partial charge in [-0.05, 0) is 0 Å². The van der Waals surface area contributed by atoms with Crippen molar-refractivity contribution in [2.75, 3.05) is 0 Å². The maximum absolute atomic E-state index is 8.33. The summed E-state index contributed by atoms with van der Waals surface area (Å²) in [4.78, 5) is 0. The van der Waals surface area contributed by atoms with Crippen LogP contribution in [0.25, 0.3) is 0 Å². The van der Waals surface area contributed by atoms with Crippen LogP contribution in [0.4, 0.5) is 0 Å². The van der Waals surface area contributed by atoms with Gasteiger partial charge in [-0.2, -0.15) is 9.90 Å². The second kappa shape index (κ2) is 23.2. The Morgan fingerprint density at radius 2 is 1.25 bits per heavy atom. The molecule has 0 aromatic rings. The van der Waals surface area contributed by atoms with Crippen LogP contribution < -0.4 is 0 Å². The first kappa shape index (κ1) is 17.5. The van der Waals surface area contributed by atoms with Crippen molar-refractivity contribution in [2.45, 2.75) is 0 Å². The van der Waals surface area contributed by atoms with Crippen molar-refractivity contribution in [1.82, 2.24) is 0 Å². The second-order valence-corrected chi connectivity index (χ2v) is 0. The molecule has 0 aromatic carbocycles.